The molecule has 0 aliphatic heterocycles. The van der Waals surface area contributed by atoms with Gasteiger partial charge < -0.3 is 20.3 Å². The molecule has 0 bridgehead atoms. The Bertz CT molecular complexity index is 828. The number of anilines is 1. The fourth-order valence-electron chi connectivity index (χ4n) is 3.19. The van der Waals surface area contributed by atoms with Crippen molar-refractivity contribution in [3.05, 3.63) is 59.7 Å². The largest absolute Gasteiger partial charge is 0.490 e. The summed E-state index contributed by atoms with van der Waals surface area (Å²) in [6.07, 6.45) is -0.0315. The van der Waals surface area contributed by atoms with Gasteiger partial charge in [0.1, 0.15) is 11.8 Å². The van der Waals surface area contributed by atoms with E-state index in [2.05, 4.69) is 21.6 Å². The number of urea groups is 1. The lowest BCUT2D eigenvalue weighted by Gasteiger charge is -2.31. The van der Waals surface area contributed by atoms with Crippen LogP contribution in [0.3, 0.4) is 0 Å². The molecule has 0 saturated heterocycles. The summed E-state index contributed by atoms with van der Waals surface area (Å²) >= 11 is 0. The second-order valence-electron chi connectivity index (χ2n) is 7.20. The zero-order valence-corrected chi connectivity index (χ0v) is 17.1. The highest BCUT2D eigenvalue weighted by atomic mass is 16.5. The summed E-state index contributed by atoms with van der Waals surface area (Å²) < 4.78 is 5.61. The average Bonchev–Trinajstić information content (AvgIpc) is 2.63. The molecule has 0 spiro atoms. The van der Waals surface area contributed by atoms with Crippen molar-refractivity contribution in [2.75, 3.05) is 19.4 Å². The molecule has 6 heteroatoms. The Kier molecular flexibility index (Phi) is 7.42. The first-order chi connectivity index (χ1) is 13.3. The summed E-state index contributed by atoms with van der Waals surface area (Å²) in [6, 6.07) is 16.8. The van der Waals surface area contributed by atoms with Crippen LogP contribution in [-0.4, -0.2) is 37.2 Å². The van der Waals surface area contributed by atoms with Crippen LogP contribution < -0.4 is 15.4 Å². The van der Waals surface area contributed by atoms with E-state index in [1.54, 1.807) is 18.2 Å². The summed E-state index contributed by atoms with van der Waals surface area (Å²) in [7, 11) is 3.97. The van der Waals surface area contributed by atoms with Crippen LogP contribution in [0.15, 0.2) is 48.5 Å². The fraction of sp³-hybridized carbons (Fsp3) is 0.364. The quantitative estimate of drug-likeness (QED) is 0.756. The monoisotopic (exact) mass is 380 g/mol. The molecule has 6 nitrogen and oxygen atoms in total. The Morgan fingerprint density at radius 1 is 1.11 bits per heavy atom. The molecule has 2 N–H and O–H groups in total. The van der Waals surface area contributed by atoms with Crippen LogP contribution in [0, 0.1) is 11.3 Å². The van der Waals surface area contributed by atoms with Crippen molar-refractivity contribution < 1.29 is 9.53 Å². The second kappa shape index (κ2) is 9.77. The van der Waals surface area contributed by atoms with Crippen LogP contribution in [0.2, 0.25) is 0 Å². The molecule has 0 radical (unpaired) electrons. The Labute approximate surface area is 167 Å². The van der Waals surface area contributed by atoms with Gasteiger partial charge in [0, 0.05) is 11.7 Å². The lowest BCUT2D eigenvalue weighted by atomic mass is 9.99. The molecule has 0 unspecified atom stereocenters. The number of hydrogen-bond acceptors (Lipinski definition) is 4. The zero-order valence-electron chi connectivity index (χ0n) is 17.1. The molecule has 2 amide bonds. The molecular formula is C22H28N4O2. The minimum atomic E-state index is -0.323. The molecule has 2 aromatic rings. The number of hydrogen-bond donors (Lipinski definition) is 2. The van der Waals surface area contributed by atoms with Gasteiger partial charge in [-0.2, -0.15) is 5.26 Å². The standard InChI is InChI=1S/C22H28N4O2/c1-15(2)28-20-12-11-19(13-18(20)14-23)25-22(27)24-16(3)21(26(4)5)17-9-7-6-8-10-17/h6-13,15-16,21H,1-5H3,(H2,24,25,27)/t16-,21+/m1/s1. The molecule has 2 aromatic carbocycles. The minimum absolute atomic E-state index is 0.0310. The van der Waals surface area contributed by atoms with Crippen molar-refractivity contribution in [3.8, 4) is 11.8 Å². The molecular weight excluding hydrogens is 352 g/mol. The highest BCUT2D eigenvalue weighted by Crippen LogP contribution is 2.24. The second-order valence-corrected chi connectivity index (χ2v) is 7.20. The zero-order chi connectivity index (χ0) is 20.7. The first-order valence-electron chi connectivity index (χ1n) is 9.31. The first-order valence-corrected chi connectivity index (χ1v) is 9.31. The Morgan fingerprint density at radius 3 is 2.36 bits per heavy atom. The number of likely N-dealkylation sites (N-methyl/N-ethyl adjacent to an activating group) is 1. The number of amides is 2. The van der Waals surface area contributed by atoms with Gasteiger partial charge in [0.25, 0.3) is 0 Å². The van der Waals surface area contributed by atoms with E-state index >= 15 is 0 Å². The summed E-state index contributed by atoms with van der Waals surface area (Å²) in [5, 5.41) is 15.1. The molecule has 2 rings (SSSR count). The van der Waals surface area contributed by atoms with Crippen molar-refractivity contribution in [2.45, 2.75) is 39.0 Å². The van der Waals surface area contributed by atoms with Crippen LogP contribution in [-0.2, 0) is 0 Å². The van der Waals surface area contributed by atoms with Gasteiger partial charge in [-0.05, 0) is 58.6 Å². The molecule has 0 fully saturated rings. The summed E-state index contributed by atoms with van der Waals surface area (Å²) in [5.74, 6) is 0.508. The lowest BCUT2D eigenvalue weighted by Crippen LogP contribution is -2.44. The van der Waals surface area contributed by atoms with E-state index in [4.69, 9.17) is 4.74 Å². The van der Waals surface area contributed by atoms with Crippen LogP contribution in [0.5, 0.6) is 5.75 Å². The van der Waals surface area contributed by atoms with Gasteiger partial charge in [0.2, 0.25) is 0 Å². The van der Waals surface area contributed by atoms with E-state index in [-0.39, 0.29) is 24.2 Å². The number of nitrogens with zero attached hydrogens (tertiary/aromatic N) is 2. The Balaban J connectivity index is 2.07. The van der Waals surface area contributed by atoms with E-state index in [1.807, 2.05) is 65.2 Å². The molecule has 0 aromatic heterocycles. The lowest BCUT2D eigenvalue weighted by molar-refractivity contribution is 0.223. The smallest absolute Gasteiger partial charge is 0.319 e. The number of benzene rings is 2. The van der Waals surface area contributed by atoms with Crippen LogP contribution in [0.4, 0.5) is 10.5 Å². The van der Waals surface area contributed by atoms with E-state index in [0.29, 0.717) is 17.0 Å². The van der Waals surface area contributed by atoms with E-state index < -0.39 is 0 Å². The van der Waals surface area contributed by atoms with Crippen LogP contribution in [0.25, 0.3) is 0 Å². The van der Waals surface area contributed by atoms with Crippen molar-refractivity contribution in [1.29, 1.82) is 5.26 Å². The van der Waals surface area contributed by atoms with E-state index in [0.717, 1.165) is 5.56 Å². The number of ether oxygens (including phenoxy) is 1. The SMILES string of the molecule is CC(C)Oc1ccc(NC(=O)N[C@H](C)[C@@H](c2ccccc2)N(C)C)cc1C#N. The third kappa shape index (κ3) is 5.73. The summed E-state index contributed by atoms with van der Waals surface area (Å²) in [6.45, 7) is 5.77. The molecule has 0 heterocycles. The highest BCUT2D eigenvalue weighted by Gasteiger charge is 2.23. The Hall–Kier alpha value is -3.04. The molecule has 0 aliphatic rings. The maximum atomic E-state index is 12.5. The average molecular weight is 380 g/mol. The molecule has 148 valence electrons. The molecule has 28 heavy (non-hydrogen) atoms. The third-order valence-corrected chi connectivity index (χ3v) is 4.25. The van der Waals surface area contributed by atoms with Gasteiger partial charge in [-0.3, -0.25) is 0 Å². The predicted molar refractivity (Wildman–Crippen MR) is 111 cm³/mol. The van der Waals surface area contributed by atoms with E-state index in [9.17, 15) is 10.1 Å². The maximum Gasteiger partial charge on any atom is 0.319 e. The highest BCUT2D eigenvalue weighted by molar-refractivity contribution is 5.89. The molecule has 0 saturated carbocycles. The summed E-state index contributed by atoms with van der Waals surface area (Å²) in [4.78, 5) is 14.6. The fourth-order valence-corrected chi connectivity index (χ4v) is 3.19. The number of nitriles is 1. The number of rotatable bonds is 7. The van der Waals surface area contributed by atoms with Crippen LogP contribution >= 0.6 is 0 Å². The predicted octanol–water partition coefficient (Wildman–Crippen LogP) is 4.16. The number of carbonyl (C=O) groups is 1. The van der Waals surface area contributed by atoms with Crippen molar-refractivity contribution in [3.63, 3.8) is 0 Å². The normalized spacial score (nSPS) is 12.9. The topological polar surface area (TPSA) is 77.4 Å². The summed E-state index contributed by atoms with van der Waals surface area (Å²) in [5.41, 5.74) is 2.05. The van der Waals surface area contributed by atoms with Gasteiger partial charge in [0.05, 0.1) is 17.7 Å². The van der Waals surface area contributed by atoms with Crippen LogP contribution in [0.1, 0.15) is 37.9 Å². The third-order valence-electron chi connectivity index (χ3n) is 4.25. The maximum absolute atomic E-state index is 12.5. The number of nitrogens with one attached hydrogen (secondary N) is 2. The van der Waals surface area contributed by atoms with Gasteiger partial charge in [-0.15, -0.1) is 0 Å². The van der Waals surface area contributed by atoms with Gasteiger partial charge in [-0.1, -0.05) is 30.3 Å². The van der Waals surface area contributed by atoms with E-state index in [1.165, 1.54) is 0 Å². The van der Waals surface area contributed by atoms with Gasteiger partial charge >= 0.3 is 6.03 Å². The van der Waals surface area contributed by atoms with Gasteiger partial charge in [-0.25, -0.2) is 4.79 Å². The van der Waals surface area contributed by atoms with Crippen molar-refractivity contribution in [2.24, 2.45) is 0 Å². The van der Waals surface area contributed by atoms with Crippen molar-refractivity contribution >= 4 is 11.7 Å². The number of carbonyl (C=O) groups excluding carboxylic acids is 1. The molecule has 0 aliphatic carbocycles. The first kappa shape index (κ1) is 21.3. The molecule has 2 atom stereocenters. The van der Waals surface area contributed by atoms with Gasteiger partial charge in [0.15, 0.2) is 0 Å². The minimum Gasteiger partial charge on any atom is -0.490 e. The van der Waals surface area contributed by atoms with Crippen molar-refractivity contribution in [1.82, 2.24) is 10.2 Å². The Morgan fingerprint density at radius 2 is 1.79 bits per heavy atom.